The van der Waals surface area contributed by atoms with E-state index < -0.39 is 18.6 Å². The molecule has 202 valence electrons. The van der Waals surface area contributed by atoms with Crippen LogP contribution < -0.4 is 10.1 Å². The van der Waals surface area contributed by atoms with Gasteiger partial charge < -0.3 is 24.8 Å². The highest BCUT2D eigenvalue weighted by Gasteiger charge is 2.30. The third kappa shape index (κ3) is 9.67. The molecule has 3 heterocycles. The van der Waals surface area contributed by atoms with Crippen LogP contribution in [0.15, 0.2) is 18.5 Å². The predicted molar refractivity (Wildman–Crippen MR) is 132 cm³/mol. The topological polar surface area (TPSA) is 92.6 Å². The maximum atomic E-state index is 12.5. The molecule has 0 bridgehead atoms. The molecule has 2 aromatic rings. The Bertz CT molecular complexity index is 919. The number of aliphatic hydroxyl groups is 1. The number of likely N-dealkylation sites (tertiary alicyclic amines) is 1. The van der Waals surface area contributed by atoms with Crippen LogP contribution in [0.3, 0.4) is 0 Å². The number of pyridine rings is 1. The number of rotatable bonds is 8. The Morgan fingerprint density at radius 2 is 1.86 bits per heavy atom. The van der Waals surface area contributed by atoms with Crippen LogP contribution in [0.2, 0.25) is 0 Å². The van der Waals surface area contributed by atoms with E-state index in [1.165, 1.54) is 26.2 Å². The van der Waals surface area contributed by atoms with E-state index in [0.717, 1.165) is 45.3 Å². The largest absolute Gasteiger partial charge is 0.474 e. The zero-order chi connectivity index (χ0) is 26.0. The van der Waals surface area contributed by atoms with E-state index in [2.05, 4.69) is 25.2 Å². The van der Waals surface area contributed by atoms with Crippen LogP contribution in [-0.2, 0) is 4.74 Å². The standard InChI is InChI=1S/C19H26F3N5O2.C6H12O/c1-13(11-19(20,21)22)25-18-24-12-15-16(26-18)3-6-23-17(15)29-14-4-7-27(8-5-14)9-10-28-2;7-6-4-2-1-3-5-6/h3,6,12-14H,4-5,7-11H2,1-2H3,(H,24,25,26);6-7H,1-5H2. The lowest BCUT2D eigenvalue weighted by Gasteiger charge is -2.31. The molecule has 8 nitrogen and oxygen atoms in total. The van der Waals surface area contributed by atoms with Crippen molar-refractivity contribution in [3.05, 3.63) is 18.5 Å². The van der Waals surface area contributed by atoms with Gasteiger partial charge in [-0.15, -0.1) is 0 Å². The molecule has 2 N–H and O–H groups in total. The Hall–Kier alpha value is -2.24. The number of nitrogens with one attached hydrogen (secondary N) is 1. The minimum Gasteiger partial charge on any atom is -0.474 e. The molecule has 36 heavy (non-hydrogen) atoms. The van der Waals surface area contributed by atoms with E-state index in [4.69, 9.17) is 14.6 Å². The van der Waals surface area contributed by atoms with Gasteiger partial charge in [0.15, 0.2) is 0 Å². The number of aromatic nitrogens is 3. The summed E-state index contributed by atoms with van der Waals surface area (Å²) in [7, 11) is 1.70. The highest BCUT2D eigenvalue weighted by atomic mass is 19.4. The van der Waals surface area contributed by atoms with E-state index >= 15 is 0 Å². The Labute approximate surface area is 210 Å². The zero-order valence-corrected chi connectivity index (χ0v) is 21.1. The SMILES string of the molecule is COCCN1CCC(Oc2nccc3nc(NC(C)CC(F)(F)F)ncc23)CC1.OC1CCCCC1. The van der Waals surface area contributed by atoms with Crippen molar-refractivity contribution in [3.8, 4) is 5.88 Å². The van der Waals surface area contributed by atoms with Crippen molar-refractivity contribution in [3.63, 3.8) is 0 Å². The summed E-state index contributed by atoms with van der Waals surface area (Å²) >= 11 is 0. The van der Waals surface area contributed by atoms with Crippen molar-refractivity contribution in [2.24, 2.45) is 0 Å². The van der Waals surface area contributed by atoms with Gasteiger partial charge in [-0.2, -0.15) is 13.2 Å². The predicted octanol–water partition coefficient (Wildman–Crippen LogP) is 4.58. The maximum Gasteiger partial charge on any atom is 0.391 e. The molecule has 0 amide bonds. The summed E-state index contributed by atoms with van der Waals surface area (Å²) in [6.45, 7) is 4.93. The molecule has 11 heteroatoms. The van der Waals surface area contributed by atoms with Crippen LogP contribution in [0.5, 0.6) is 5.88 Å². The van der Waals surface area contributed by atoms with E-state index in [9.17, 15) is 13.2 Å². The number of anilines is 1. The molecule has 1 atom stereocenters. The zero-order valence-electron chi connectivity index (χ0n) is 21.1. The number of piperidine rings is 1. The van der Waals surface area contributed by atoms with Crippen LogP contribution in [-0.4, -0.2) is 82.7 Å². The van der Waals surface area contributed by atoms with Gasteiger partial charge in [0.05, 0.1) is 30.0 Å². The number of hydrogen-bond acceptors (Lipinski definition) is 8. The van der Waals surface area contributed by atoms with Gasteiger partial charge in [-0.05, 0) is 38.7 Å². The highest BCUT2D eigenvalue weighted by molar-refractivity contribution is 5.83. The normalized spacial score (nSPS) is 18.9. The molecule has 1 aliphatic heterocycles. The number of alkyl halides is 3. The quantitative estimate of drug-likeness (QED) is 0.530. The van der Waals surface area contributed by atoms with Crippen LogP contribution >= 0.6 is 0 Å². The second kappa shape index (κ2) is 13.9. The van der Waals surface area contributed by atoms with Crippen LogP contribution in [0.1, 0.15) is 58.3 Å². The Morgan fingerprint density at radius 3 is 2.47 bits per heavy atom. The van der Waals surface area contributed by atoms with E-state index in [0.29, 0.717) is 23.4 Å². The second-order valence-corrected chi connectivity index (χ2v) is 9.55. The van der Waals surface area contributed by atoms with Crippen LogP contribution in [0.25, 0.3) is 10.9 Å². The molecule has 4 rings (SSSR count). The lowest BCUT2D eigenvalue weighted by Crippen LogP contribution is -2.39. The van der Waals surface area contributed by atoms with E-state index in [1.54, 1.807) is 25.6 Å². The molecular weight excluding hydrogens is 475 g/mol. The van der Waals surface area contributed by atoms with Gasteiger partial charge in [0.1, 0.15) is 6.10 Å². The van der Waals surface area contributed by atoms with Crippen molar-refractivity contribution in [2.45, 2.75) is 82.7 Å². The van der Waals surface area contributed by atoms with Crippen molar-refractivity contribution in [1.82, 2.24) is 19.9 Å². The summed E-state index contributed by atoms with van der Waals surface area (Å²) in [4.78, 5) is 15.1. The molecule has 0 spiro atoms. The minimum atomic E-state index is -4.24. The summed E-state index contributed by atoms with van der Waals surface area (Å²) in [5.41, 5.74) is 0.573. The van der Waals surface area contributed by atoms with E-state index in [-0.39, 0.29) is 18.2 Å². The number of hydrogen-bond donors (Lipinski definition) is 2. The first-order valence-electron chi connectivity index (χ1n) is 12.7. The molecule has 1 aliphatic carbocycles. The smallest absolute Gasteiger partial charge is 0.391 e. The molecule has 0 radical (unpaired) electrons. The number of fused-ring (bicyclic) bond motifs is 1. The summed E-state index contributed by atoms with van der Waals surface area (Å²) in [5, 5.41) is 12.2. The summed E-state index contributed by atoms with van der Waals surface area (Å²) < 4.78 is 48.7. The van der Waals surface area contributed by atoms with Gasteiger partial charge in [-0.3, -0.25) is 0 Å². The van der Waals surface area contributed by atoms with Gasteiger partial charge in [0, 0.05) is 45.2 Å². The average molecular weight is 514 g/mol. The minimum absolute atomic E-state index is 0.0359. The number of ether oxygens (including phenoxy) is 2. The highest BCUT2D eigenvalue weighted by Crippen LogP contribution is 2.26. The molecule has 1 saturated heterocycles. The Kier molecular flexibility index (Phi) is 10.9. The van der Waals surface area contributed by atoms with E-state index in [1.807, 2.05) is 0 Å². The fourth-order valence-corrected chi connectivity index (χ4v) is 4.42. The molecular formula is C25H38F3N5O3. The fraction of sp³-hybridized carbons (Fsp3) is 0.720. The van der Waals surface area contributed by atoms with Crippen molar-refractivity contribution >= 4 is 16.9 Å². The first-order valence-corrected chi connectivity index (χ1v) is 12.7. The molecule has 1 saturated carbocycles. The molecule has 2 fully saturated rings. The molecule has 0 aromatic carbocycles. The van der Waals surface area contributed by atoms with Crippen molar-refractivity contribution < 1.29 is 27.8 Å². The van der Waals surface area contributed by atoms with Gasteiger partial charge in [-0.25, -0.2) is 15.0 Å². The Morgan fingerprint density at radius 1 is 1.14 bits per heavy atom. The van der Waals surface area contributed by atoms with Gasteiger partial charge in [-0.1, -0.05) is 19.3 Å². The summed E-state index contributed by atoms with van der Waals surface area (Å²) in [5.74, 6) is 0.602. The third-order valence-electron chi connectivity index (χ3n) is 6.39. The molecule has 2 aromatic heterocycles. The lowest BCUT2D eigenvalue weighted by molar-refractivity contribution is -0.136. The maximum absolute atomic E-state index is 12.5. The summed E-state index contributed by atoms with van der Waals surface area (Å²) in [6.07, 6.45) is 5.68. The first kappa shape index (κ1) is 28.3. The van der Waals surface area contributed by atoms with Crippen LogP contribution in [0.4, 0.5) is 19.1 Å². The summed E-state index contributed by atoms with van der Waals surface area (Å²) in [6, 6.07) is 0.866. The molecule has 1 unspecified atom stereocenters. The second-order valence-electron chi connectivity index (χ2n) is 9.55. The lowest BCUT2D eigenvalue weighted by atomic mass is 9.98. The number of methoxy groups -OCH3 is 1. The average Bonchev–Trinajstić information content (AvgIpc) is 2.83. The molecule has 2 aliphatic rings. The van der Waals surface area contributed by atoms with Crippen molar-refractivity contribution in [1.29, 1.82) is 0 Å². The number of nitrogens with zero attached hydrogens (tertiary/aromatic N) is 4. The fourth-order valence-electron chi connectivity index (χ4n) is 4.42. The monoisotopic (exact) mass is 513 g/mol. The first-order chi connectivity index (χ1) is 17.2. The van der Waals surface area contributed by atoms with Crippen molar-refractivity contribution in [2.75, 3.05) is 38.7 Å². The van der Waals surface area contributed by atoms with Crippen LogP contribution in [0, 0.1) is 0 Å². The number of halogens is 3. The third-order valence-corrected chi connectivity index (χ3v) is 6.39. The van der Waals surface area contributed by atoms with Gasteiger partial charge in [0.2, 0.25) is 11.8 Å². The van der Waals surface area contributed by atoms with Gasteiger partial charge >= 0.3 is 6.18 Å². The number of aliphatic hydroxyl groups excluding tert-OH is 1. The van der Waals surface area contributed by atoms with Gasteiger partial charge in [0.25, 0.3) is 0 Å². The Balaban J connectivity index is 0.000000444.